The molecule has 0 aliphatic carbocycles. The number of piperidine rings is 1. The van der Waals surface area contributed by atoms with Gasteiger partial charge in [-0.15, -0.1) is 0 Å². The first-order valence-corrected chi connectivity index (χ1v) is 10.0. The summed E-state index contributed by atoms with van der Waals surface area (Å²) in [4.78, 5) is 1.56. The summed E-state index contributed by atoms with van der Waals surface area (Å²) in [7, 11) is 0. The number of hydrogen-bond acceptors (Lipinski definition) is 2. The Hall–Kier alpha value is -1.56. The molecular weight excluding hydrogens is 366 g/mol. The molecule has 6 heteroatoms. The topological polar surface area (TPSA) is 41.6 Å². The number of nitrogens with one attached hydrogen (secondary N) is 3. The Morgan fingerprint density at radius 2 is 2.04 bits per heavy atom. The lowest BCUT2D eigenvalue weighted by Gasteiger charge is -2.30. The van der Waals surface area contributed by atoms with E-state index in [1.165, 1.54) is 32.4 Å². The Bertz CT molecular complexity index is 719. The fraction of sp³-hybridized carbons (Fsp3) is 0.450. The molecule has 1 fully saturated rings. The summed E-state index contributed by atoms with van der Waals surface area (Å²) in [6.07, 6.45) is 5.62. The minimum Gasteiger partial charge on any atom is -0.463 e. The molecule has 2 heterocycles. The highest BCUT2D eigenvalue weighted by atomic mass is 35.5. The quantitative estimate of drug-likeness (QED) is 0.679. The van der Waals surface area contributed by atoms with Gasteiger partial charge in [0.05, 0.1) is 36.6 Å². The number of anilines is 1. The average molecular weight is 393 g/mol. The summed E-state index contributed by atoms with van der Waals surface area (Å²) in [5.74, 6) is 1.02. The Kier molecular flexibility index (Phi) is 6.57. The number of thiocarbonyl (C=S) groups is 1. The molecule has 3 rings (SSSR count). The summed E-state index contributed by atoms with van der Waals surface area (Å²) in [6, 6.07) is 8.33. The van der Waals surface area contributed by atoms with E-state index in [-0.39, 0.29) is 6.04 Å². The van der Waals surface area contributed by atoms with E-state index in [9.17, 15) is 0 Å². The van der Waals surface area contributed by atoms with E-state index >= 15 is 0 Å². The lowest BCUT2D eigenvalue weighted by Crippen LogP contribution is -3.13. The Morgan fingerprint density at radius 3 is 2.69 bits per heavy atom. The molecule has 1 aliphatic rings. The van der Waals surface area contributed by atoms with E-state index in [2.05, 4.69) is 22.8 Å². The van der Waals surface area contributed by atoms with Crippen LogP contribution in [0, 0.1) is 13.8 Å². The molecule has 1 atom stereocenters. The second-order valence-corrected chi connectivity index (χ2v) is 7.88. The number of aryl methyl sites for hydroxylation is 2. The lowest BCUT2D eigenvalue weighted by atomic mass is 10.1. The first-order valence-electron chi connectivity index (χ1n) is 9.24. The van der Waals surface area contributed by atoms with Gasteiger partial charge in [-0.3, -0.25) is 0 Å². The van der Waals surface area contributed by atoms with Crippen molar-refractivity contribution < 1.29 is 9.32 Å². The van der Waals surface area contributed by atoms with Crippen molar-refractivity contribution in [1.29, 1.82) is 0 Å². The molecule has 4 nitrogen and oxygen atoms in total. The number of hydrogen-bond donors (Lipinski definition) is 3. The molecule has 1 aromatic carbocycles. The van der Waals surface area contributed by atoms with Crippen LogP contribution in [0.25, 0.3) is 0 Å². The summed E-state index contributed by atoms with van der Waals surface area (Å²) < 4.78 is 5.71. The van der Waals surface area contributed by atoms with E-state index in [1.54, 1.807) is 11.2 Å². The van der Waals surface area contributed by atoms with Crippen molar-refractivity contribution in [2.24, 2.45) is 0 Å². The fourth-order valence-corrected chi connectivity index (χ4v) is 4.27. The lowest BCUT2D eigenvalue weighted by molar-refractivity contribution is -0.936. The molecule has 140 valence electrons. The van der Waals surface area contributed by atoms with Crippen LogP contribution < -0.4 is 15.5 Å². The van der Waals surface area contributed by atoms with E-state index < -0.39 is 0 Å². The molecule has 0 saturated carbocycles. The van der Waals surface area contributed by atoms with Crippen LogP contribution >= 0.6 is 23.8 Å². The van der Waals surface area contributed by atoms with E-state index in [4.69, 9.17) is 28.2 Å². The molecule has 1 aromatic heterocycles. The number of likely N-dealkylation sites (tertiary alicyclic amines) is 1. The largest absolute Gasteiger partial charge is 0.463 e. The number of furan rings is 1. The van der Waals surface area contributed by atoms with Crippen molar-refractivity contribution in [1.82, 2.24) is 5.32 Å². The summed E-state index contributed by atoms with van der Waals surface area (Å²) in [5, 5.41) is 7.90. The molecule has 2 aromatic rings. The van der Waals surface area contributed by atoms with Gasteiger partial charge >= 0.3 is 0 Å². The Balaban J connectivity index is 1.64. The normalized spacial score (nSPS) is 16.3. The Morgan fingerprint density at radius 1 is 1.27 bits per heavy atom. The highest BCUT2D eigenvalue weighted by Crippen LogP contribution is 2.27. The predicted molar refractivity (Wildman–Crippen MR) is 111 cm³/mol. The number of benzene rings is 1. The van der Waals surface area contributed by atoms with Crippen LogP contribution in [0.5, 0.6) is 0 Å². The minimum absolute atomic E-state index is 0.264. The zero-order chi connectivity index (χ0) is 18.5. The molecule has 0 unspecified atom stereocenters. The average Bonchev–Trinajstić information content (AvgIpc) is 3.13. The third kappa shape index (κ3) is 4.78. The second-order valence-electron chi connectivity index (χ2n) is 7.06. The van der Waals surface area contributed by atoms with Crippen LogP contribution in [0.15, 0.2) is 34.9 Å². The third-order valence-corrected chi connectivity index (χ3v) is 5.56. The van der Waals surface area contributed by atoms with Gasteiger partial charge in [-0.05, 0) is 74.7 Å². The maximum atomic E-state index is 6.38. The van der Waals surface area contributed by atoms with Crippen molar-refractivity contribution >= 4 is 34.6 Å². The third-order valence-electron chi connectivity index (χ3n) is 5.01. The summed E-state index contributed by atoms with van der Waals surface area (Å²) in [5.41, 5.74) is 3.10. The maximum absolute atomic E-state index is 6.38. The van der Waals surface area contributed by atoms with Gasteiger partial charge in [0, 0.05) is 0 Å². The van der Waals surface area contributed by atoms with Gasteiger partial charge in [-0.2, -0.15) is 0 Å². The maximum Gasteiger partial charge on any atom is 0.171 e. The smallest absolute Gasteiger partial charge is 0.171 e. The Labute approximate surface area is 165 Å². The number of halogens is 1. The molecule has 0 spiro atoms. The molecule has 0 amide bonds. The van der Waals surface area contributed by atoms with Crippen molar-refractivity contribution in [3.8, 4) is 0 Å². The zero-order valence-corrected chi connectivity index (χ0v) is 17.0. The summed E-state index contributed by atoms with van der Waals surface area (Å²) in [6.45, 7) is 7.16. The molecule has 1 saturated heterocycles. The van der Waals surface area contributed by atoms with E-state index in [1.807, 2.05) is 26.0 Å². The van der Waals surface area contributed by atoms with Crippen LogP contribution in [0.3, 0.4) is 0 Å². The number of quaternary nitrogens is 1. The van der Waals surface area contributed by atoms with Gasteiger partial charge in [0.15, 0.2) is 16.9 Å². The fourth-order valence-electron chi connectivity index (χ4n) is 3.72. The minimum atomic E-state index is 0.264. The highest BCUT2D eigenvalue weighted by molar-refractivity contribution is 7.80. The van der Waals surface area contributed by atoms with Crippen LogP contribution in [-0.2, 0) is 0 Å². The number of rotatable bonds is 5. The van der Waals surface area contributed by atoms with Crippen LogP contribution in [-0.4, -0.2) is 24.7 Å². The van der Waals surface area contributed by atoms with Crippen LogP contribution in [0.4, 0.5) is 5.69 Å². The van der Waals surface area contributed by atoms with Crippen molar-refractivity contribution in [2.75, 3.05) is 25.0 Å². The van der Waals surface area contributed by atoms with Crippen LogP contribution in [0.1, 0.15) is 42.2 Å². The SMILES string of the molecule is Cc1cc(C)c(NC(=S)NC[C@H](c2ccco2)[NH+]2CCCCC2)c(Cl)c1. The first-order chi connectivity index (χ1) is 12.5. The highest BCUT2D eigenvalue weighted by Gasteiger charge is 2.28. The standard InChI is InChI=1S/C20H26ClN3OS/c1-14-11-15(2)19(16(21)12-14)23-20(26)22-13-17(18-7-6-10-25-18)24-8-4-3-5-9-24/h6-7,10-12,17H,3-5,8-9,13H2,1-2H3,(H2,22,23,26)/p+1/t17-/m1/s1. The summed E-state index contributed by atoms with van der Waals surface area (Å²) >= 11 is 11.9. The molecule has 3 N–H and O–H groups in total. The first kappa shape index (κ1) is 19.2. The van der Waals surface area contributed by atoms with Crippen molar-refractivity contribution in [2.45, 2.75) is 39.2 Å². The predicted octanol–water partition coefficient (Wildman–Crippen LogP) is 3.65. The zero-order valence-electron chi connectivity index (χ0n) is 15.4. The van der Waals surface area contributed by atoms with Gasteiger partial charge in [-0.1, -0.05) is 17.7 Å². The molecule has 0 radical (unpaired) electrons. The van der Waals surface area contributed by atoms with Crippen LogP contribution in [0.2, 0.25) is 5.02 Å². The van der Waals surface area contributed by atoms with Gasteiger partial charge < -0.3 is 20.0 Å². The molecule has 0 bridgehead atoms. The van der Waals surface area contributed by atoms with Gasteiger partial charge in [0.1, 0.15) is 0 Å². The molecule has 26 heavy (non-hydrogen) atoms. The van der Waals surface area contributed by atoms with E-state index in [0.29, 0.717) is 10.1 Å². The molecular formula is C20H27ClN3OS+. The monoisotopic (exact) mass is 392 g/mol. The van der Waals surface area contributed by atoms with Gasteiger partial charge in [0.2, 0.25) is 0 Å². The van der Waals surface area contributed by atoms with Crippen molar-refractivity contribution in [3.05, 3.63) is 52.4 Å². The second kappa shape index (κ2) is 8.89. The van der Waals surface area contributed by atoms with Crippen molar-refractivity contribution in [3.63, 3.8) is 0 Å². The van der Waals surface area contributed by atoms with E-state index in [0.717, 1.165) is 29.1 Å². The molecule has 1 aliphatic heterocycles. The van der Waals surface area contributed by atoms with Gasteiger partial charge in [-0.25, -0.2) is 0 Å². The van der Waals surface area contributed by atoms with Gasteiger partial charge in [0.25, 0.3) is 0 Å².